The van der Waals surface area contributed by atoms with Crippen LogP contribution in [0.15, 0.2) is 18.2 Å². The summed E-state index contributed by atoms with van der Waals surface area (Å²) in [5.41, 5.74) is 0.722. The lowest BCUT2D eigenvalue weighted by molar-refractivity contribution is -0.121. The fourth-order valence-corrected chi connectivity index (χ4v) is 2.28. The first-order valence-corrected chi connectivity index (χ1v) is 10.5. The molecule has 0 aromatic heterocycles. The van der Waals surface area contributed by atoms with Crippen LogP contribution in [0, 0.1) is 5.92 Å². The standard InChI is InChI=1S/C16H22I2N2O4/c1-10(2)9-24-12-5-4-11(6-13(12)23-3)16(19-14(21)7-17)20-15(22)8-18/h4-6,10,16H,7-9H2,1-3H3,(H,19,21)(H,20,22). The average Bonchev–Trinajstić information content (AvgIpc) is 2.58. The van der Waals surface area contributed by atoms with Gasteiger partial charge in [0.1, 0.15) is 6.17 Å². The van der Waals surface area contributed by atoms with Gasteiger partial charge in [0.15, 0.2) is 11.5 Å². The van der Waals surface area contributed by atoms with E-state index in [0.29, 0.717) is 32.9 Å². The normalized spacial score (nSPS) is 10.6. The van der Waals surface area contributed by atoms with E-state index in [1.54, 1.807) is 19.2 Å². The molecule has 0 aliphatic rings. The maximum absolute atomic E-state index is 11.7. The van der Waals surface area contributed by atoms with E-state index in [2.05, 4.69) is 24.5 Å². The average molecular weight is 560 g/mol. The highest BCUT2D eigenvalue weighted by Gasteiger charge is 2.18. The first-order chi connectivity index (χ1) is 11.4. The number of halogens is 2. The van der Waals surface area contributed by atoms with Crippen LogP contribution in [-0.2, 0) is 9.59 Å². The second-order valence-corrected chi connectivity index (χ2v) is 6.98. The molecule has 0 spiro atoms. The number of carbonyl (C=O) groups is 2. The van der Waals surface area contributed by atoms with Gasteiger partial charge in [-0.05, 0) is 23.6 Å². The van der Waals surface area contributed by atoms with E-state index in [9.17, 15) is 9.59 Å². The molecular formula is C16H22I2N2O4. The lowest BCUT2D eigenvalue weighted by atomic mass is 10.1. The molecule has 24 heavy (non-hydrogen) atoms. The molecule has 0 aliphatic carbocycles. The molecule has 8 heteroatoms. The number of rotatable bonds is 9. The molecule has 0 bridgehead atoms. The van der Waals surface area contributed by atoms with E-state index < -0.39 is 6.17 Å². The molecule has 0 atom stereocenters. The van der Waals surface area contributed by atoms with E-state index in [0.717, 1.165) is 5.56 Å². The van der Waals surface area contributed by atoms with E-state index in [4.69, 9.17) is 9.47 Å². The highest BCUT2D eigenvalue weighted by atomic mass is 127. The number of hydrogen-bond acceptors (Lipinski definition) is 4. The third-order valence-corrected chi connectivity index (χ3v) is 4.33. The molecule has 1 rings (SSSR count). The number of alkyl halides is 2. The summed E-state index contributed by atoms with van der Waals surface area (Å²) in [6.45, 7) is 4.71. The number of ether oxygens (including phenoxy) is 2. The van der Waals surface area contributed by atoms with E-state index in [1.165, 1.54) is 0 Å². The van der Waals surface area contributed by atoms with Crippen molar-refractivity contribution >= 4 is 57.0 Å². The van der Waals surface area contributed by atoms with Gasteiger partial charge in [0.05, 0.1) is 22.6 Å². The predicted molar refractivity (Wildman–Crippen MR) is 110 cm³/mol. The highest BCUT2D eigenvalue weighted by Crippen LogP contribution is 2.30. The van der Waals surface area contributed by atoms with Gasteiger partial charge in [-0.25, -0.2) is 0 Å². The van der Waals surface area contributed by atoms with Crippen LogP contribution in [0.25, 0.3) is 0 Å². The Balaban J connectivity index is 3.03. The fraction of sp³-hybridized carbons (Fsp3) is 0.500. The van der Waals surface area contributed by atoms with Crippen molar-refractivity contribution in [3.8, 4) is 11.5 Å². The first-order valence-electron chi connectivity index (χ1n) is 7.42. The smallest absolute Gasteiger partial charge is 0.231 e. The zero-order chi connectivity index (χ0) is 18.1. The predicted octanol–water partition coefficient (Wildman–Crippen LogP) is 2.83. The Bertz CT molecular complexity index is 549. The van der Waals surface area contributed by atoms with Gasteiger partial charge in [0.25, 0.3) is 0 Å². The van der Waals surface area contributed by atoms with Crippen molar-refractivity contribution in [2.75, 3.05) is 22.6 Å². The number of amides is 2. The summed E-state index contributed by atoms with van der Waals surface area (Å²) in [6.07, 6.45) is -0.609. The molecule has 2 N–H and O–H groups in total. The van der Waals surface area contributed by atoms with Crippen LogP contribution in [0.5, 0.6) is 11.5 Å². The number of benzene rings is 1. The Labute approximate surface area is 169 Å². The molecule has 1 aromatic carbocycles. The van der Waals surface area contributed by atoms with Gasteiger partial charge in [-0.3, -0.25) is 9.59 Å². The summed E-state index contributed by atoms with van der Waals surface area (Å²) >= 11 is 3.95. The summed E-state index contributed by atoms with van der Waals surface area (Å²) in [4.78, 5) is 23.5. The van der Waals surface area contributed by atoms with Crippen LogP contribution >= 0.6 is 45.2 Å². The van der Waals surface area contributed by atoms with Gasteiger partial charge in [-0.1, -0.05) is 65.1 Å². The summed E-state index contributed by atoms with van der Waals surface area (Å²) in [5.74, 6) is 1.27. The van der Waals surface area contributed by atoms with Gasteiger partial charge in [0, 0.05) is 0 Å². The summed E-state index contributed by atoms with van der Waals surface area (Å²) < 4.78 is 11.7. The third-order valence-electron chi connectivity index (χ3n) is 2.95. The van der Waals surface area contributed by atoms with Crippen LogP contribution in [0.3, 0.4) is 0 Å². The zero-order valence-electron chi connectivity index (χ0n) is 13.9. The fourth-order valence-electron chi connectivity index (χ4n) is 1.84. The van der Waals surface area contributed by atoms with Gasteiger partial charge in [-0.15, -0.1) is 0 Å². The van der Waals surface area contributed by atoms with E-state index >= 15 is 0 Å². The number of carbonyl (C=O) groups excluding carboxylic acids is 2. The summed E-state index contributed by atoms with van der Waals surface area (Å²) in [5, 5.41) is 5.58. The Hall–Kier alpha value is -0.780. The number of hydrogen-bond donors (Lipinski definition) is 2. The van der Waals surface area contributed by atoms with Crippen molar-refractivity contribution in [1.29, 1.82) is 0 Å². The molecular weight excluding hydrogens is 538 g/mol. The quantitative estimate of drug-likeness (QED) is 0.277. The Kier molecular flexibility index (Phi) is 9.71. The Morgan fingerprint density at radius 2 is 1.67 bits per heavy atom. The van der Waals surface area contributed by atoms with Crippen molar-refractivity contribution < 1.29 is 19.1 Å². The van der Waals surface area contributed by atoms with Crippen LogP contribution < -0.4 is 20.1 Å². The van der Waals surface area contributed by atoms with Crippen molar-refractivity contribution in [2.24, 2.45) is 5.92 Å². The number of nitrogens with one attached hydrogen (secondary N) is 2. The van der Waals surface area contributed by atoms with Crippen LogP contribution in [0.4, 0.5) is 0 Å². The van der Waals surface area contributed by atoms with Crippen molar-refractivity contribution in [1.82, 2.24) is 10.6 Å². The van der Waals surface area contributed by atoms with Gasteiger partial charge < -0.3 is 20.1 Å². The molecule has 1 aromatic rings. The minimum absolute atomic E-state index is 0.159. The maximum atomic E-state index is 11.7. The molecule has 2 amide bonds. The summed E-state index contributed by atoms with van der Waals surface area (Å²) in [7, 11) is 1.56. The minimum atomic E-state index is -0.609. The lowest BCUT2D eigenvalue weighted by Crippen LogP contribution is -2.41. The Morgan fingerprint density at radius 1 is 1.08 bits per heavy atom. The minimum Gasteiger partial charge on any atom is -0.493 e. The first kappa shape index (κ1) is 21.3. The molecule has 134 valence electrons. The molecule has 0 saturated carbocycles. The maximum Gasteiger partial charge on any atom is 0.231 e. The zero-order valence-corrected chi connectivity index (χ0v) is 18.2. The third kappa shape index (κ3) is 6.99. The molecule has 0 radical (unpaired) electrons. The Morgan fingerprint density at radius 3 is 2.12 bits per heavy atom. The largest absolute Gasteiger partial charge is 0.493 e. The SMILES string of the molecule is COc1cc(C(NC(=O)CI)NC(=O)CI)ccc1OCC(C)C. The second kappa shape index (κ2) is 11.0. The van der Waals surface area contributed by atoms with Gasteiger partial charge in [-0.2, -0.15) is 0 Å². The topological polar surface area (TPSA) is 76.7 Å². The van der Waals surface area contributed by atoms with Crippen molar-refractivity contribution in [2.45, 2.75) is 20.0 Å². The van der Waals surface area contributed by atoms with Crippen molar-refractivity contribution in [3.63, 3.8) is 0 Å². The second-order valence-electron chi connectivity index (χ2n) is 5.45. The van der Waals surface area contributed by atoms with E-state index in [1.807, 2.05) is 51.2 Å². The molecule has 0 fully saturated rings. The van der Waals surface area contributed by atoms with Crippen molar-refractivity contribution in [3.05, 3.63) is 23.8 Å². The molecule has 0 saturated heterocycles. The van der Waals surface area contributed by atoms with Gasteiger partial charge >= 0.3 is 0 Å². The van der Waals surface area contributed by atoms with Crippen LogP contribution in [0.1, 0.15) is 25.6 Å². The molecule has 6 nitrogen and oxygen atoms in total. The molecule has 0 aliphatic heterocycles. The summed E-state index contributed by atoms with van der Waals surface area (Å²) in [6, 6.07) is 5.36. The monoisotopic (exact) mass is 560 g/mol. The van der Waals surface area contributed by atoms with Gasteiger partial charge in [0.2, 0.25) is 11.8 Å². The lowest BCUT2D eigenvalue weighted by Gasteiger charge is -2.21. The number of methoxy groups -OCH3 is 1. The van der Waals surface area contributed by atoms with E-state index in [-0.39, 0.29) is 11.8 Å². The molecule has 0 unspecified atom stereocenters. The van der Waals surface area contributed by atoms with Crippen LogP contribution in [-0.4, -0.2) is 34.4 Å². The molecule has 0 heterocycles. The highest BCUT2D eigenvalue weighted by molar-refractivity contribution is 14.1. The van der Waals surface area contributed by atoms with Crippen LogP contribution in [0.2, 0.25) is 0 Å².